The number of benzene rings is 1. The van der Waals surface area contributed by atoms with E-state index >= 15 is 0 Å². The average Bonchev–Trinajstić information content (AvgIpc) is 3.09. The zero-order chi connectivity index (χ0) is 14.9. The van der Waals surface area contributed by atoms with Gasteiger partial charge in [-0.15, -0.1) is 0 Å². The number of thiophene rings is 1. The molecular weight excluding hydrogens is 314 g/mol. The number of rotatable bonds is 4. The van der Waals surface area contributed by atoms with E-state index in [1.165, 1.54) is 22.8 Å². The number of hydrogen-bond donors (Lipinski definition) is 1. The Bertz CT molecular complexity index is 768. The molecule has 2 heterocycles. The minimum Gasteiger partial charge on any atom is -0.454 e. The lowest BCUT2D eigenvalue weighted by Gasteiger charge is -2.06. The highest BCUT2D eigenvalue weighted by molar-refractivity contribution is 7.90. The molecule has 1 aromatic heterocycles. The van der Waals surface area contributed by atoms with E-state index in [0.717, 1.165) is 0 Å². The Hall–Kier alpha value is -2.06. The molecule has 1 aliphatic rings. The van der Waals surface area contributed by atoms with E-state index in [2.05, 4.69) is 0 Å². The molecule has 0 fully saturated rings. The molecule has 1 aromatic carbocycles. The van der Waals surface area contributed by atoms with Crippen LogP contribution in [0.1, 0.15) is 5.56 Å². The van der Waals surface area contributed by atoms with Crippen LogP contribution in [0.3, 0.4) is 0 Å². The largest absolute Gasteiger partial charge is 0.454 e. The normalized spacial score (nSPS) is 13.1. The first-order valence-electron chi connectivity index (χ1n) is 6.01. The SMILES string of the molecule is O=C(Cc1ccc2c(c1)OCO2)NS(=O)(=O)c1ccsc1. The Kier molecular flexibility index (Phi) is 3.56. The standard InChI is InChI=1S/C13H11NO5S2/c15-13(14-21(16,17)10-3-4-20-7-10)6-9-1-2-11-12(5-9)19-8-18-11/h1-5,7H,6,8H2,(H,14,15). The van der Waals surface area contributed by atoms with Crippen LogP contribution in [0.25, 0.3) is 0 Å². The van der Waals surface area contributed by atoms with Crippen molar-refractivity contribution in [3.05, 3.63) is 40.6 Å². The molecule has 110 valence electrons. The average molecular weight is 325 g/mol. The summed E-state index contributed by atoms with van der Waals surface area (Å²) < 4.78 is 36.2. The predicted octanol–water partition coefficient (Wildman–Crippen LogP) is 1.52. The van der Waals surface area contributed by atoms with E-state index in [-0.39, 0.29) is 18.1 Å². The van der Waals surface area contributed by atoms with Crippen LogP contribution in [0.5, 0.6) is 11.5 Å². The van der Waals surface area contributed by atoms with Crippen molar-refractivity contribution in [3.8, 4) is 11.5 Å². The van der Waals surface area contributed by atoms with Crippen LogP contribution in [-0.2, 0) is 21.2 Å². The maximum Gasteiger partial charge on any atom is 0.264 e. The zero-order valence-corrected chi connectivity index (χ0v) is 12.4. The van der Waals surface area contributed by atoms with E-state index in [1.54, 1.807) is 23.6 Å². The van der Waals surface area contributed by atoms with Crippen LogP contribution in [0.4, 0.5) is 0 Å². The summed E-state index contributed by atoms with van der Waals surface area (Å²) in [5, 5.41) is 3.10. The van der Waals surface area contributed by atoms with Gasteiger partial charge in [0, 0.05) is 5.38 Å². The van der Waals surface area contributed by atoms with E-state index in [0.29, 0.717) is 17.1 Å². The number of sulfonamides is 1. The Morgan fingerprint density at radius 2 is 2.05 bits per heavy atom. The number of nitrogens with one attached hydrogen (secondary N) is 1. The zero-order valence-electron chi connectivity index (χ0n) is 10.7. The number of carbonyl (C=O) groups excluding carboxylic acids is 1. The van der Waals surface area contributed by atoms with Crippen molar-refractivity contribution in [2.45, 2.75) is 11.3 Å². The first-order valence-corrected chi connectivity index (χ1v) is 8.43. The molecule has 0 spiro atoms. The molecule has 0 saturated heterocycles. The minimum atomic E-state index is -3.79. The molecule has 0 unspecified atom stereocenters. The lowest BCUT2D eigenvalue weighted by atomic mass is 10.1. The molecule has 3 rings (SSSR count). The van der Waals surface area contributed by atoms with Crippen LogP contribution in [0, 0.1) is 0 Å². The van der Waals surface area contributed by atoms with Crippen LogP contribution in [0.15, 0.2) is 39.9 Å². The van der Waals surface area contributed by atoms with Crippen LogP contribution in [0.2, 0.25) is 0 Å². The fraction of sp³-hybridized carbons (Fsp3) is 0.154. The van der Waals surface area contributed by atoms with Gasteiger partial charge in [-0.05, 0) is 29.1 Å². The fourth-order valence-electron chi connectivity index (χ4n) is 1.89. The second-order valence-electron chi connectivity index (χ2n) is 4.35. The van der Waals surface area contributed by atoms with Gasteiger partial charge in [0.05, 0.1) is 11.3 Å². The fourth-order valence-corrected chi connectivity index (χ4v) is 3.90. The molecular formula is C13H11NO5S2. The molecule has 0 aliphatic carbocycles. The van der Waals surface area contributed by atoms with Crippen LogP contribution < -0.4 is 14.2 Å². The number of ether oxygens (including phenoxy) is 2. The third-order valence-corrected chi connectivity index (χ3v) is 5.06. The highest BCUT2D eigenvalue weighted by atomic mass is 32.2. The first-order chi connectivity index (χ1) is 10.0. The Morgan fingerprint density at radius 1 is 1.24 bits per heavy atom. The summed E-state index contributed by atoms with van der Waals surface area (Å²) in [6.07, 6.45) is -0.0555. The topological polar surface area (TPSA) is 81.7 Å². The van der Waals surface area contributed by atoms with Gasteiger partial charge in [-0.25, -0.2) is 13.1 Å². The molecule has 8 heteroatoms. The van der Waals surface area contributed by atoms with Gasteiger partial charge >= 0.3 is 0 Å². The minimum absolute atomic E-state index is 0.0555. The molecule has 0 atom stereocenters. The molecule has 0 bridgehead atoms. The molecule has 6 nitrogen and oxygen atoms in total. The Labute approximate surface area is 125 Å². The third-order valence-electron chi connectivity index (χ3n) is 2.86. The van der Waals surface area contributed by atoms with Crippen molar-refractivity contribution in [2.24, 2.45) is 0 Å². The van der Waals surface area contributed by atoms with Crippen LogP contribution >= 0.6 is 11.3 Å². The number of fused-ring (bicyclic) bond motifs is 1. The van der Waals surface area contributed by atoms with Gasteiger partial charge in [-0.3, -0.25) is 4.79 Å². The summed E-state index contributed by atoms with van der Waals surface area (Å²) in [6, 6.07) is 6.50. The summed E-state index contributed by atoms with van der Waals surface area (Å²) in [5.74, 6) is 0.575. The summed E-state index contributed by atoms with van der Waals surface area (Å²) in [4.78, 5) is 12.0. The quantitative estimate of drug-likeness (QED) is 0.922. The van der Waals surface area contributed by atoms with Crippen molar-refractivity contribution in [1.29, 1.82) is 0 Å². The highest BCUT2D eigenvalue weighted by Crippen LogP contribution is 2.32. The second-order valence-corrected chi connectivity index (χ2v) is 6.81. The Balaban J connectivity index is 1.70. The maximum absolute atomic E-state index is 11.9. The summed E-state index contributed by atoms with van der Waals surface area (Å²) in [6.45, 7) is 0.150. The first kappa shape index (κ1) is 13.9. The van der Waals surface area contributed by atoms with Crippen LogP contribution in [-0.4, -0.2) is 21.1 Å². The van der Waals surface area contributed by atoms with Gasteiger partial charge < -0.3 is 9.47 Å². The maximum atomic E-state index is 11.9. The van der Waals surface area contributed by atoms with E-state index in [4.69, 9.17) is 9.47 Å². The van der Waals surface area contributed by atoms with Gasteiger partial charge in [0.15, 0.2) is 11.5 Å². The van der Waals surface area contributed by atoms with Gasteiger partial charge in [0.1, 0.15) is 0 Å². The molecule has 21 heavy (non-hydrogen) atoms. The van der Waals surface area contributed by atoms with Gasteiger partial charge in [0.2, 0.25) is 12.7 Å². The number of carbonyl (C=O) groups is 1. The van der Waals surface area contributed by atoms with Crippen molar-refractivity contribution in [2.75, 3.05) is 6.79 Å². The van der Waals surface area contributed by atoms with Crippen molar-refractivity contribution in [1.82, 2.24) is 4.72 Å². The lowest BCUT2D eigenvalue weighted by molar-refractivity contribution is -0.118. The van der Waals surface area contributed by atoms with Gasteiger partial charge in [-0.1, -0.05) is 6.07 Å². The van der Waals surface area contributed by atoms with Crippen molar-refractivity contribution in [3.63, 3.8) is 0 Å². The molecule has 1 N–H and O–H groups in total. The lowest BCUT2D eigenvalue weighted by Crippen LogP contribution is -2.31. The monoisotopic (exact) mass is 325 g/mol. The predicted molar refractivity (Wildman–Crippen MR) is 75.9 cm³/mol. The van der Waals surface area contributed by atoms with Crippen molar-refractivity contribution >= 4 is 27.3 Å². The third kappa shape index (κ3) is 3.01. The van der Waals surface area contributed by atoms with Gasteiger partial charge in [0.25, 0.3) is 10.0 Å². The molecule has 0 saturated carbocycles. The molecule has 1 amide bonds. The second kappa shape index (κ2) is 5.38. The summed E-state index contributed by atoms with van der Waals surface area (Å²) in [5.41, 5.74) is 0.650. The Morgan fingerprint density at radius 3 is 2.81 bits per heavy atom. The smallest absolute Gasteiger partial charge is 0.264 e. The number of hydrogen-bond acceptors (Lipinski definition) is 6. The summed E-state index contributed by atoms with van der Waals surface area (Å²) >= 11 is 1.25. The number of amides is 1. The van der Waals surface area contributed by atoms with Crippen molar-refractivity contribution < 1.29 is 22.7 Å². The van der Waals surface area contributed by atoms with E-state index in [1.807, 2.05) is 4.72 Å². The van der Waals surface area contributed by atoms with E-state index < -0.39 is 15.9 Å². The summed E-state index contributed by atoms with van der Waals surface area (Å²) in [7, 11) is -3.79. The van der Waals surface area contributed by atoms with E-state index in [9.17, 15) is 13.2 Å². The molecule has 2 aromatic rings. The molecule has 1 aliphatic heterocycles. The van der Waals surface area contributed by atoms with Gasteiger partial charge in [-0.2, -0.15) is 11.3 Å². The molecule has 0 radical (unpaired) electrons. The highest BCUT2D eigenvalue weighted by Gasteiger charge is 2.19.